The van der Waals surface area contributed by atoms with E-state index in [2.05, 4.69) is 44.2 Å². The molecule has 1 aromatic rings. The summed E-state index contributed by atoms with van der Waals surface area (Å²) in [5, 5.41) is 0. The molecule has 96 valence electrons. The quantitative estimate of drug-likeness (QED) is 0.658. The third-order valence-electron chi connectivity index (χ3n) is 3.48. The summed E-state index contributed by atoms with van der Waals surface area (Å²) in [6, 6.07) is 11.0. The number of benzene rings is 1. The fraction of sp³-hybridized carbons (Fsp3) is 0.625. The smallest absolute Gasteiger partial charge is 0.00793 e. The molecule has 0 aliphatic carbocycles. The van der Waals surface area contributed by atoms with Crippen molar-refractivity contribution in [1.29, 1.82) is 0 Å². The second kappa shape index (κ2) is 8.30. The van der Waals surface area contributed by atoms with Gasteiger partial charge in [0.15, 0.2) is 0 Å². The van der Waals surface area contributed by atoms with Crippen LogP contribution in [0.2, 0.25) is 0 Å². The molecule has 2 unspecified atom stereocenters. The van der Waals surface area contributed by atoms with Crippen LogP contribution >= 0.6 is 0 Å². The van der Waals surface area contributed by atoms with Crippen molar-refractivity contribution in [2.75, 3.05) is 0 Å². The van der Waals surface area contributed by atoms with Crippen LogP contribution in [0.25, 0.3) is 0 Å². The highest BCUT2D eigenvalue weighted by molar-refractivity contribution is 5.20. The van der Waals surface area contributed by atoms with Crippen molar-refractivity contribution in [3.05, 3.63) is 35.9 Å². The topological polar surface area (TPSA) is 26.0 Å². The minimum Gasteiger partial charge on any atom is -0.327 e. The molecule has 0 saturated carbocycles. The predicted octanol–water partition coefficient (Wildman–Crippen LogP) is 4.48. The second-order valence-corrected chi connectivity index (χ2v) is 5.08. The van der Waals surface area contributed by atoms with Crippen molar-refractivity contribution in [3.8, 4) is 0 Å². The molecule has 1 nitrogen and oxygen atoms in total. The summed E-state index contributed by atoms with van der Waals surface area (Å²) in [5.74, 6) is 0.526. The van der Waals surface area contributed by atoms with Gasteiger partial charge in [-0.3, -0.25) is 0 Å². The zero-order chi connectivity index (χ0) is 12.5. The van der Waals surface area contributed by atoms with Crippen molar-refractivity contribution in [2.24, 2.45) is 5.73 Å². The molecule has 1 aromatic carbocycles. The molecule has 0 bridgehead atoms. The molecule has 0 fully saturated rings. The summed E-state index contributed by atoms with van der Waals surface area (Å²) >= 11 is 0. The molecule has 0 aliphatic heterocycles. The summed E-state index contributed by atoms with van der Waals surface area (Å²) in [5.41, 5.74) is 7.51. The van der Waals surface area contributed by atoms with E-state index in [0.29, 0.717) is 5.92 Å². The molecule has 0 heterocycles. The van der Waals surface area contributed by atoms with Gasteiger partial charge < -0.3 is 5.73 Å². The largest absolute Gasteiger partial charge is 0.327 e. The first-order valence-corrected chi connectivity index (χ1v) is 7.06. The van der Waals surface area contributed by atoms with Crippen molar-refractivity contribution in [1.82, 2.24) is 0 Å². The van der Waals surface area contributed by atoms with E-state index in [4.69, 9.17) is 5.73 Å². The Hall–Kier alpha value is -0.820. The molecule has 17 heavy (non-hydrogen) atoms. The summed E-state index contributed by atoms with van der Waals surface area (Å²) in [6.07, 6.45) is 7.94. The van der Waals surface area contributed by atoms with Crippen LogP contribution in [-0.4, -0.2) is 6.04 Å². The molecule has 0 amide bonds. The van der Waals surface area contributed by atoms with Gasteiger partial charge in [-0.1, -0.05) is 69.4 Å². The normalized spacial score (nSPS) is 14.5. The van der Waals surface area contributed by atoms with Gasteiger partial charge in [0.25, 0.3) is 0 Å². The average molecular weight is 233 g/mol. The predicted molar refractivity (Wildman–Crippen MR) is 76.2 cm³/mol. The first kappa shape index (κ1) is 14.2. The number of unbranched alkanes of at least 4 members (excludes halogenated alkanes) is 4. The van der Waals surface area contributed by atoms with Gasteiger partial charge in [0.1, 0.15) is 0 Å². The third kappa shape index (κ3) is 5.36. The molecule has 0 aromatic heterocycles. The Kier molecular flexibility index (Phi) is 6.95. The Balaban J connectivity index is 2.40. The molecule has 0 aliphatic rings. The van der Waals surface area contributed by atoms with Crippen molar-refractivity contribution in [2.45, 2.75) is 64.3 Å². The van der Waals surface area contributed by atoms with Crippen molar-refractivity contribution >= 4 is 0 Å². The van der Waals surface area contributed by atoms with Crippen molar-refractivity contribution in [3.63, 3.8) is 0 Å². The number of nitrogens with two attached hydrogens (primary N) is 1. The van der Waals surface area contributed by atoms with E-state index >= 15 is 0 Å². The van der Waals surface area contributed by atoms with Crippen LogP contribution in [0.1, 0.15) is 63.9 Å². The van der Waals surface area contributed by atoms with Gasteiger partial charge in [-0.25, -0.2) is 0 Å². The minimum absolute atomic E-state index is 0.253. The Labute approximate surface area is 106 Å². The molecule has 0 spiro atoms. The summed E-state index contributed by atoms with van der Waals surface area (Å²) in [7, 11) is 0. The first-order valence-electron chi connectivity index (χ1n) is 7.06. The van der Waals surface area contributed by atoms with E-state index < -0.39 is 0 Å². The Morgan fingerprint density at radius 3 is 2.24 bits per heavy atom. The van der Waals surface area contributed by atoms with E-state index in [1.165, 1.54) is 44.1 Å². The summed E-state index contributed by atoms with van der Waals surface area (Å²) < 4.78 is 0. The molecular formula is C16H27N. The Morgan fingerprint density at radius 1 is 1.00 bits per heavy atom. The maximum Gasteiger partial charge on any atom is 0.00793 e. The highest BCUT2D eigenvalue weighted by Crippen LogP contribution is 2.25. The van der Waals surface area contributed by atoms with E-state index in [9.17, 15) is 0 Å². The van der Waals surface area contributed by atoms with Gasteiger partial charge in [-0.2, -0.15) is 0 Å². The molecule has 2 atom stereocenters. The van der Waals surface area contributed by atoms with E-state index in [-0.39, 0.29) is 6.04 Å². The lowest BCUT2D eigenvalue weighted by Gasteiger charge is -2.21. The van der Waals surface area contributed by atoms with Crippen molar-refractivity contribution < 1.29 is 0 Å². The van der Waals surface area contributed by atoms with Crippen LogP contribution in [0, 0.1) is 0 Å². The van der Waals surface area contributed by atoms with Gasteiger partial charge >= 0.3 is 0 Å². The van der Waals surface area contributed by atoms with Crippen LogP contribution in [0.15, 0.2) is 30.3 Å². The monoisotopic (exact) mass is 233 g/mol. The lowest BCUT2D eigenvalue weighted by Crippen LogP contribution is -2.24. The molecule has 1 heteroatoms. The fourth-order valence-electron chi connectivity index (χ4n) is 2.40. The van der Waals surface area contributed by atoms with Gasteiger partial charge in [-0.05, 0) is 24.8 Å². The van der Waals surface area contributed by atoms with Gasteiger partial charge in [-0.15, -0.1) is 0 Å². The zero-order valence-corrected chi connectivity index (χ0v) is 11.4. The zero-order valence-electron chi connectivity index (χ0n) is 11.4. The van der Waals surface area contributed by atoms with E-state index in [1.807, 2.05) is 0 Å². The summed E-state index contributed by atoms with van der Waals surface area (Å²) in [6.45, 7) is 4.39. The van der Waals surface area contributed by atoms with Gasteiger partial charge in [0.2, 0.25) is 0 Å². The highest BCUT2D eigenvalue weighted by Gasteiger charge is 2.15. The molecule has 2 N–H and O–H groups in total. The SMILES string of the molecule is CCCCCCCC(c1ccccc1)C(C)N. The molecule has 0 radical (unpaired) electrons. The molecule has 0 saturated heterocycles. The van der Waals surface area contributed by atoms with Gasteiger partial charge in [0, 0.05) is 6.04 Å². The van der Waals surface area contributed by atoms with E-state index in [1.54, 1.807) is 0 Å². The fourth-order valence-corrected chi connectivity index (χ4v) is 2.40. The van der Waals surface area contributed by atoms with Crippen LogP contribution < -0.4 is 5.73 Å². The van der Waals surface area contributed by atoms with Crippen LogP contribution in [0.3, 0.4) is 0 Å². The maximum absolute atomic E-state index is 6.11. The maximum atomic E-state index is 6.11. The lowest BCUT2D eigenvalue weighted by atomic mass is 9.88. The Bertz CT molecular complexity index is 279. The minimum atomic E-state index is 0.253. The number of hydrogen-bond acceptors (Lipinski definition) is 1. The molecule has 1 rings (SSSR count). The Morgan fingerprint density at radius 2 is 1.65 bits per heavy atom. The second-order valence-electron chi connectivity index (χ2n) is 5.08. The average Bonchev–Trinajstić information content (AvgIpc) is 2.34. The number of rotatable bonds is 8. The molecular weight excluding hydrogens is 206 g/mol. The van der Waals surface area contributed by atoms with Gasteiger partial charge in [0.05, 0.1) is 0 Å². The highest BCUT2D eigenvalue weighted by atomic mass is 14.6. The van der Waals surface area contributed by atoms with Crippen LogP contribution in [-0.2, 0) is 0 Å². The first-order chi connectivity index (χ1) is 8.25. The summed E-state index contributed by atoms with van der Waals surface area (Å²) in [4.78, 5) is 0. The van der Waals surface area contributed by atoms with Crippen LogP contribution in [0.5, 0.6) is 0 Å². The van der Waals surface area contributed by atoms with Crippen LogP contribution in [0.4, 0.5) is 0 Å². The lowest BCUT2D eigenvalue weighted by molar-refractivity contribution is 0.490. The standard InChI is InChI=1S/C16H27N/c1-3-4-5-6-10-13-16(14(2)17)15-11-8-7-9-12-15/h7-9,11-12,14,16H,3-6,10,13,17H2,1-2H3. The number of hydrogen-bond donors (Lipinski definition) is 1. The third-order valence-corrected chi connectivity index (χ3v) is 3.48. The van der Waals surface area contributed by atoms with E-state index in [0.717, 1.165) is 0 Å².